The van der Waals surface area contributed by atoms with Crippen molar-refractivity contribution in [2.24, 2.45) is 0 Å². The van der Waals surface area contributed by atoms with E-state index in [1.165, 1.54) is 6.20 Å². The minimum absolute atomic E-state index is 0.250. The number of aromatic nitrogens is 7. The molecule has 45 heavy (non-hydrogen) atoms. The number of fused-ring (bicyclic) bond motifs is 1. The lowest BCUT2D eigenvalue weighted by Gasteiger charge is -2.27. The van der Waals surface area contributed by atoms with Gasteiger partial charge in [-0.15, -0.1) is 10.2 Å². The minimum atomic E-state index is -4.42. The molecule has 0 saturated carbocycles. The number of carbonyl (C=O) groups is 1. The molecule has 1 aliphatic heterocycles. The fraction of sp³-hybridized carbons (Fsp3) is 0.310. The molecule has 5 aromatic heterocycles. The molecular weight excluding hydrogens is 597 g/mol. The first-order valence-electron chi connectivity index (χ1n) is 13.8. The summed E-state index contributed by atoms with van der Waals surface area (Å²) in [5.74, 6) is 1.59. The maximum absolute atomic E-state index is 13.0. The Labute approximate surface area is 254 Å². The molecule has 0 aliphatic carbocycles. The number of hydrogen-bond donors (Lipinski definition) is 2. The van der Waals surface area contributed by atoms with Crippen LogP contribution in [0, 0.1) is 6.92 Å². The maximum atomic E-state index is 13.0. The lowest BCUT2D eigenvalue weighted by Crippen LogP contribution is -2.36. The molecule has 6 rings (SSSR count). The van der Waals surface area contributed by atoms with Crippen molar-refractivity contribution in [3.8, 4) is 34.1 Å². The van der Waals surface area contributed by atoms with Gasteiger partial charge in [-0.2, -0.15) is 23.4 Å². The zero-order valence-electron chi connectivity index (χ0n) is 24.2. The predicted octanol–water partition coefficient (Wildman–Crippen LogP) is 4.30. The molecule has 2 N–H and O–H groups in total. The number of pyridine rings is 2. The van der Waals surface area contributed by atoms with Crippen molar-refractivity contribution in [2.45, 2.75) is 32.7 Å². The smallest absolute Gasteiger partial charge is 0.408 e. The van der Waals surface area contributed by atoms with Crippen molar-refractivity contribution in [1.29, 1.82) is 0 Å². The number of alkyl halides is 3. The zero-order chi connectivity index (χ0) is 32.1. The van der Waals surface area contributed by atoms with Crippen molar-refractivity contribution >= 4 is 17.8 Å². The second-order valence-corrected chi connectivity index (χ2v) is 10.0. The first-order valence-corrected chi connectivity index (χ1v) is 13.8. The summed E-state index contributed by atoms with van der Waals surface area (Å²) in [6, 6.07) is 10.7. The number of hydrogen-bond acceptors (Lipinski definition) is 10. The first kappa shape index (κ1) is 31.3. The number of aryl methyl sites for hydroxylation is 1. The summed E-state index contributed by atoms with van der Waals surface area (Å²) in [4.78, 5) is 15.2. The number of ether oxygens (including phenoxy) is 2. The third kappa shape index (κ3) is 7.35. The van der Waals surface area contributed by atoms with Crippen molar-refractivity contribution in [2.75, 3.05) is 31.2 Å². The molecule has 236 valence electrons. The highest BCUT2D eigenvalue weighted by Crippen LogP contribution is 2.34. The van der Waals surface area contributed by atoms with E-state index in [4.69, 9.17) is 24.4 Å². The van der Waals surface area contributed by atoms with E-state index in [-0.39, 0.29) is 6.47 Å². The zero-order valence-corrected chi connectivity index (χ0v) is 24.2. The Morgan fingerprint density at radius 1 is 1.07 bits per heavy atom. The summed E-state index contributed by atoms with van der Waals surface area (Å²) >= 11 is 0. The number of halogens is 3. The van der Waals surface area contributed by atoms with Gasteiger partial charge in [0.25, 0.3) is 6.47 Å². The van der Waals surface area contributed by atoms with E-state index in [1.807, 2.05) is 12.1 Å². The summed E-state index contributed by atoms with van der Waals surface area (Å²) in [5, 5.41) is 34.2. The van der Waals surface area contributed by atoms with Gasteiger partial charge in [0.2, 0.25) is 5.88 Å². The number of anilines is 1. The van der Waals surface area contributed by atoms with E-state index in [2.05, 4.69) is 25.3 Å². The van der Waals surface area contributed by atoms with Gasteiger partial charge in [-0.1, -0.05) is 6.07 Å². The molecule has 1 unspecified atom stereocenters. The second-order valence-electron chi connectivity index (χ2n) is 10.0. The highest BCUT2D eigenvalue weighted by atomic mass is 19.4. The van der Waals surface area contributed by atoms with Crippen LogP contribution >= 0.6 is 0 Å². The van der Waals surface area contributed by atoms with Crippen LogP contribution in [-0.4, -0.2) is 83.7 Å². The van der Waals surface area contributed by atoms with Crippen LogP contribution in [0.3, 0.4) is 0 Å². The number of aliphatic hydroxyl groups excluding tert-OH is 1. The van der Waals surface area contributed by atoms with Crippen LogP contribution in [0.15, 0.2) is 55.0 Å². The second kappa shape index (κ2) is 13.3. The summed E-state index contributed by atoms with van der Waals surface area (Å²) in [7, 11) is 0. The minimum Gasteiger partial charge on any atom is -0.483 e. The highest BCUT2D eigenvalue weighted by molar-refractivity contribution is 5.80. The van der Waals surface area contributed by atoms with E-state index < -0.39 is 18.8 Å². The van der Waals surface area contributed by atoms with Gasteiger partial charge in [-0.3, -0.25) is 9.48 Å². The number of rotatable bonds is 7. The summed E-state index contributed by atoms with van der Waals surface area (Å²) < 4.78 is 52.7. The topological polar surface area (TPSA) is 153 Å². The third-order valence-corrected chi connectivity index (χ3v) is 6.87. The predicted molar refractivity (Wildman–Crippen MR) is 155 cm³/mol. The van der Waals surface area contributed by atoms with Crippen LogP contribution in [-0.2, 0) is 16.1 Å². The molecule has 0 aromatic carbocycles. The Morgan fingerprint density at radius 3 is 2.49 bits per heavy atom. The van der Waals surface area contributed by atoms with Gasteiger partial charge in [-0.25, -0.2) is 9.50 Å². The molecule has 1 atom stereocenters. The largest absolute Gasteiger partial charge is 0.483 e. The fourth-order valence-electron chi connectivity index (χ4n) is 4.86. The molecule has 5 aromatic rings. The van der Waals surface area contributed by atoms with Gasteiger partial charge < -0.3 is 24.6 Å². The van der Waals surface area contributed by atoms with Gasteiger partial charge in [0.05, 0.1) is 54.3 Å². The number of morpholine rings is 1. The molecule has 6 heterocycles. The SMILES string of the molecule is Cc1nn(CC(F)(F)F)cc1-c1nc(-c2cnn3cc(Oc4ccc(N5CCOCC5)nn4)ccc23)ccc1C(C)O.O=CO. The molecule has 0 radical (unpaired) electrons. The summed E-state index contributed by atoms with van der Waals surface area (Å²) in [5.41, 5.74) is 3.55. The van der Waals surface area contributed by atoms with Crippen LogP contribution < -0.4 is 9.64 Å². The molecule has 1 saturated heterocycles. The van der Waals surface area contributed by atoms with E-state index in [1.54, 1.807) is 55.0 Å². The normalized spacial score (nSPS) is 14.1. The van der Waals surface area contributed by atoms with E-state index in [0.717, 1.165) is 29.1 Å². The lowest BCUT2D eigenvalue weighted by atomic mass is 10.0. The van der Waals surface area contributed by atoms with Crippen molar-refractivity contribution in [3.05, 3.63) is 66.2 Å². The van der Waals surface area contributed by atoms with Crippen LogP contribution in [0.1, 0.15) is 24.3 Å². The van der Waals surface area contributed by atoms with Crippen LogP contribution in [0.2, 0.25) is 0 Å². The maximum Gasteiger partial charge on any atom is 0.408 e. The average molecular weight is 627 g/mol. The van der Waals surface area contributed by atoms with Gasteiger partial charge in [0.15, 0.2) is 5.82 Å². The molecule has 0 amide bonds. The van der Waals surface area contributed by atoms with E-state index in [0.29, 0.717) is 58.6 Å². The molecule has 0 spiro atoms. The quantitative estimate of drug-likeness (QED) is 0.249. The average Bonchev–Trinajstić information content (AvgIpc) is 3.59. The first-order chi connectivity index (χ1) is 21.6. The van der Waals surface area contributed by atoms with Crippen molar-refractivity contribution in [1.82, 2.24) is 34.6 Å². The molecule has 13 nitrogen and oxygen atoms in total. The molecule has 1 fully saturated rings. The van der Waals surface area contributed by atoms with Gasteiger partial charge in [0.1, 0.15) is 12.3 Å². The molecular formula is C29H29F3N8O5. The monoisotopic (exact) mass is 626 g/mol. The molecule has 0 bridgehead atoms. The molecule has 16 heteroatoms. The molecule has 1 aliphatic rings. The van der Waals surface area contributed by atoms with Gasteiger partial charge in [-0.05, 0) is 38.1 Å². The number of nitrogens with zero attached hydrogens (tertiary/aromatic N) is 8. The highest BCUT2D eigenvalue weighted by Gasteiger charge is 2.29. The van der Waals surface area contributed by atoms with Crippen LogP contribution in [0.25, 0.3) is 28.0 Å². The third-order valence-electron chi connectivity index (χ3n) is 6.87. The van der Waals surface area contributed by atoms with Gasteiger partial charge in [0, 0.05) is 42.0 Å². The number of aliphatic hydroxyl groups is 1. The van der Waals surface area contributed by atoms with Gasteiger partial charge >= 0.3 is 6.18 Å². The fourth-order valence-corrected chi connectivity index (χ4v) is 4.86. The van der Waals surface area contributed by atoms with Crippen LogP contribution in [0.4, 0.5) is 19.0 Å². The Kier molecular flexibility index (Phi) is 9.24. The Hall–Kier alpha value is -5.09. The standard InChI is InChI=1S/C28H27F3N8O3.CH2O2/c1-17-22(15-38(36-17)16-28(29,30)31)27-20(18(2)40)4-5-23(33-27)21-13-32-39-14-19(3-6-24(21)39)42-26-8-7-25(34-35-26)37-9-11-41-12-10-37;2-1-3/h3-8,13-15,18,40H,9-12,16H2,1-2H3;1H,(H,2,3). The Balaban J connectivity index is 0.00000128. The van der Waals surface area contributed by atoms with Crippen molar-refractivity contribution in [3.63, 3.8) is 0 Å². The summed E-state index contributed by atoms with van der Waals surface area (Å²) in [6.07, 6.45) is -0.675. The van der Waals surface area contributed by atoms with Crippen molar-refractivity contribution < 1.29 is 37.7 Å². The Bertz CT molecular complexity index is 1770. The van der Waals surface area contributed by atoms with E-state index in [9.17, 15) is 18.3 Å². The number of carboxylic acid groups (broad SMARTS) is 1. The lowest BCUT2D eigenvalue weighted by molar-refractivity contribution is -0.142. The Morgan fingerprint density at radius 2 is 1.82 bits per heavy atom. The van der Waals surface area contributed by atoms with Crippen LogP contribution in [0.5, 0.6) is 11.6 Å². The van der Waals surface area contributed by atoms with E-state index >= 15 is 0 Å². The summed E-state index contributed by atoms with van der Waals surface area (Å²) in [6.45, 7) is 4.53.